The number of rotatable bonds is 4. The first-order valence-electron chi connectivity index (χ1n) is 6.78. The molecule has 3 rings (SSSR count). The van der Waals surface area contributed by atoms with E-state index < -0.39 is 9.84 Å². The van der Waals surface area contributed by atoms with Crippen molar-refractivity contribution in [2.75, 3.05) is 6.26 Å². The summed E-state index contributed by atoms with van der Waals surface area (Å²) in [6.07, 6.45) is 1.85. The van der Waals surface area contributed by atoms with Crippen LogP contribution in [0.25, 0.3) is 11.1 Å². The van der Waals surface area contributed by atoms with Crippen LogP contribution in [0, 0.1) is 0 Å². The van der Waals surface area contributed by atoms with Gasteiger partial charge in [0.1, 0.15) is 5.75 Å². The summed E-state index contributed by atoms with van der Waals surface area (Å²) >= 11 is 2.80. The van der Waals surface area contributed by atoms with E-state index in [1.54, 1.807) is 23.6 Å². The molecule has 1 heterocycles. The van der Waals surface area contributed by atoms with E-state index in [2.05, 4.69) is 0 Å². The standard InChI is InChI=1S/C17H14O3S3/c1-21-17-16(7-8-22-17)23(19,20)15-10-13(9-14(18)11-15)12-5-3-2-4-6-12/h2-11,18H,1H3. The van der Waals surface area contributed by atoms with Crippen LogP contribution >= 0.6 is 23.1 Å². The zero-order valence-corrected chi connectivity index (χ0v) is 14.7. The van der Waals surface area contributed by atoms with E-state index in [-0.39, 0.29) is 10.6 Å². The van der Waals surface area contributed by atoms with E-state index >= 15 is 0 Å². The van der Waals surface area contributed by atoms with Crippen molar-refractivity contribution in [2.24, 2.45) is 0 Å². The summed E-state index contributed by atoms with van der Waals surface area (Å²) in [5.74, 6) is -0.0640. The number of phenolic OH excluding ortho intramolecular Hbond substituents is 1. The summed E-state index contributed by atoms with van der Waals surface area (Å²) in [5, 5.41) is 11.7. The lowest BCUT2D eigenvalue weighted by Gasteiger charge is -2.09. The minimum atomic E-state index is -3.66. The Balaban J connectivity index is 2.15. The molecule has 0 aliphatic carbocycles. The second-order valence-corrected chi connectivity index (χ2v) is 8.77. The highest BCUT2D eigenvalue weighted by Gasteiger charge is 2.23. The van der Waals surface area contributed by atoms with Gasteiger partial charge in [0.2, 0.25) is 9.84 Å². The number of thioether (sulfide) groups is 1. The highest BCUT2D eigenvalue weighted by molar-refractivity contribution is 8.01. The Morgan fingerprint density at radius 1 is 1.00 bits per heavy atom. The van der Waals surface area contributed by atoms with E-state index in [0.717, 1.165) is 9.77 Å². The van der Waals surface area contributed by atoms with Crippen molar-refractivity contribution in [3.63, 3.8) is 0 Å². The normalized spacial score (nSPS) is 11.5. The summed E-state index contributed by atoms with van der Waals surface area (Å²) in [4.78, 5) is 0.393. The number of aromatic hydroxyl groups is 1. The van der Waals surface area contributed by atoms with E-state index in [4.69, 9.17) is 0 Å². The van der Waals surface area contributed by atoms with Gasteiger partial charge in [-0.25, -0.2) is 8.42 Å². The monoisotopic (exact) mass is 362 g/mol. The predicted molar refractivity (Wildman–Crippen MR) is 95.1 cm³/mol. The van der Waals surface area contributed by atoms with Gasteiger partial charge in [0.05, 0.1) is 14.0 Å². The molecule has 2 aromatic carbocycles. The molecule has 6 heteroatoms. The van der Waals surface area contributed by atoms with Crippen molar-refractivity contribution >= 4 is 32.9 Å². The van der Waals surface area contributed by atoms with Crippen molar-refractivity contribution in [1.29, 1.82) is 0 Å². The van der Waals surface area contributed by atoms with Crippen molar-refractivity contribution in [3.05, 3.63) is 60.0 Å². The van der Waals surface area contributed by atoms with Crippen molar-refractivity contribution in [1.82, 2.24) is 0 Å². The second kappa shape index (κ2) is 6.39. The van der Waals surface area contributed by atoms with Gasteiger partial charge in [-0.2, -0.15) is 0 Å². The fourth-order valence-electron chi connectivity index (χ4n) is 2.29. The molecule has 3 nitrogen and oxygen atoms in total. The van der Waals surface area contributed by atoms with Gasteiger partial charge in [-0.15, -0.1) is 23.1 Å². The molecule has 1 N–H and O–H groups in total. The largest absolute Gasteiger partial charge is 0.508 e. The van der Waals surface area contributed by atoms with E-state index in [1.165, 1.54) is 29.2 Å². The molecule has 0 saturated carbocycles. The molecule has 0 spiro atoms. The summed E-state index contributed by atoms with van der Waals surface area (Å²) in [6, 6.07) is 15.5. The summed E-state index contributed by atoms with van der Waals surface area (Å²) in [5.41, 5.74) is 1.53. The van der Waals surface area contributed by atoms with E-state index in [0.29, 0.717) is 10.5 Å². The molecule has 0 radical (unpaired) electrons. The molecule has 0 fully saturated rings. The molecule has 3 aromatic rings. The van der Waals surface area contributed by atoms with Crippen molar-refractivity contribution in [2.45, 2.75) is 14.0 Å². The Morgan fingerprint density at radius 2 is 1.74 bits per heavy atom. The third-order valence-electron chi connectivity index (χ3n) is 3.38. The van der Waals surface area contributed by atoms with Gasteiger partial charge in [-0.05, 0) is 47.0 Å². The molecule has 0 amide bonds. The molecule has 118 valence electrons. The first-order valence-corrected chi connectivity index (χ1v) is 10.4. The van der Waals surface area contributed by atoms with Gasteiger partial charge in [0, 0.05) is 0 Å². The molecule has 0 aliphatic heterocycles. The molecule has 1 aromatic heterocycles. The van der Waals surface area contributed by atoms with Crippen molar-refractivity contribution < 1.29 is 13.5 Å². The van der Waals surface area contributed by atoms with Crippen LogP contribution in [0.5, 0.6) is 5.75 Å². The van der Waals surface area contributed by atoms with Crippen LogP contribution in [-0.4, -0.2) is 19.8 Å². The molecule has 0 bridgehead atoms. The zero-order chi connectivity index (χ0) is 16.4. The van der Waals surface area contributed by atoms with Crippen LogP contribution in [0.4, 0.5) is 0 Å². The number of hydrogen-bond acceptors (Lipinski definition) is 5. The number of phenols is 1. The minimum absolute atomic E-state index is 0.0640. The Labute approximate surface area is 143 Å². The Kier molecular flexibility index (Phi) is 4.48. The highest BCUT2D eigenvalue weighted by Crippen LogP contribution is 2.36. The van der Waals surface area contributed by atoms with Crippen LogP contribution in [0.15, 0.2) is 74.0 Å². The molecular weight excluding hydrogens is 348 g/mol. The summed E-state index contributed by atoms with van der Waals surface area (Å²) in [6.45, 7) is 0. The first-order chi connectivity index (χ1) is 11.0. The van der Waals surface area contributed by atoms with Gasteiger partial charge in [-0.3, -0.25) is 0 Å². The quantitative estimate of drug-likeness (QED) is 0.685. The second-order valence-electron chi connectivity index (χ2n) is 4.86. The number of benzene rings is 2. The summed E-state index contributed by atoms with van der Waals surface area (Å²) in [7, 11) is -3.66. The smallest absolute Gasteiger partial charge is 0.208 e. The van der Waals surface area contributed by atoms with Crippen LogP contribution in [0.3, 0.4) is 0 Å². The van der Waals surface area contributed by atoms with Gasteiger partial charge in [-0.1, -0.05) is 30.3 Å². The average Bonchev–Trinajstić information content (AvgIpc) is 3.04. The Hall–Kier alpha value is -1.76. The zero-order valence-electron chi connectivity index (χ0n) is 12.3. The first kappa shape index (κ1) is 16.1. The molecule has 0 unspecified atom stereocenters. The van der Waals surface area contributed by atoms with Gasteiger partial charge in [0.25, 0.3) is 0 Å². The molecule has 0 saturated heterocycles. The lowest BCUT2D eigenvalue weighted by atomic mass is 10.1. The van der Waals surface area contributed by atoms with Gasteiger partial charge in [0.15, 0.2) is 0 Å². The lowest BCUT2D eigenvalue weighted by Crippen LogP contribution is -2.02. The maximum Gasteiger partial charge on any atom is 0.208 e. The third-order valence-corrected chi connectivity index (χ3v) is 7.50. The predicted octanol–water partition coefficient (Wildman–Crippen LogP) is 4.68. The van der Waals surface area contributed by atoms with Gasteiger partial charge < -0.3 is 5.11 Å². The molecule has 0 aliphatic rings. The SMILES string of the molecule is CSc1sccc1S(=O)(=O)c1cc(O)cc(-c2ccccc2)c1. The highest BCUT2D eigenvalue weighted by atomic mass is 32.2. The maximum atomic E-state index is 12.9. The van der Waals surface area contributed by atoms with Crippen LogP contribution in [-0.2, 0) is 9.84 Å². The number of sulfone groups is 1. The summed E-state index contributed by atoms with van der Waals surface area (Å²) < 4.78 is 26.5. The maximum absolute atomic E-state index is 12.9. The van der Waals surface area contributed by atoms with Gasteiger partial charge >= 0.3 is 0 Å². The van der Waals surface area contributed by atoms with Crippen LogP contribution < -0.4 is 0 Å². The lowest BCUT2D eigenvalue weighted by molar-refractivity contribution is 0.473. The van der Waals surface area contributed by atoms with E-state index in [9.17, 15) is 13.5 Å². The fraction of sp³-hybridized carbons (Fsp3) is 0.0588. The Bertz CT molecular complexity index is 929. The number of hydrogen-bond donors (Lipinski definition) is 1. The number of thiophene rings is 1. The molecule has 23 heavy (non-hydrogen) atoms. The topological polar surface area (TPSA) is 54.4 Å². The Morgan fingerprint density at radius 3 is 2.43 bits per heavy atom. The van der Waals surface area contributed by atoms with E-state index in [1.807, 2.05) is 36.6 Å². The third kappa shape index (κ3) is 3.15. The minimum Gasteiger partial charge on any atom is -0.508 e. The van der Waals surface area contributed by atoms with Crippen molar-refractivity contribution in [3.8, 4) is 16.9 Å². The van der Waals surface area contributed by atoms with Crippen LogP contribution in [0.1, 0.15) is 0 Å². The van der Waals surface area contributed by atoms with Crippen LogP contribution in [0.2, 0.25) is 0 Å². The molecular formula is C17H14O3S3. The molecule has 0 atom stereocenters. The fourth-order valence-corrected chi connectivity index (χ4v) is 6.04. The average molecular weight is 362 g/mol.